The van der Waals surface area contributed by atoms with Crippen molar-refractivity contribution in [3.63, 3.8) is 0 Å². The number of nitrogens with zero attached hydrogens (tertiary/aromatic N) is 2. The van der Waals surface area contributed by atoms with E-state index in [4.69, 9.17) is 0 Å². The van der Waals surface area contributed by atoms with E-state index >= 15 is 0 Å². The number of halogens is 1. The topological polar surface area (TPSA) is 74.6 Å². The third-order valence-corrected chi connectivity index (χ3v) is 5.43. The van der Waals surface area contributed by atoms with E-state index in [1.807, 2.05) is 20.8 Å². The Morgan fingerprint density at radius 2 is 2.07 bits per heavy atom. The molecule has 1 amide bonds. The van der Waals surface area contributed by atoms with Crippen LogP contribution in [0.4, 0.5) is 4.39 Å². The van der Waals surface area contributed by atoms with E-state index in [0.717, 1.165) is 13.1 Å². The van der Waals surface area contributed by atoms with Gasteiger partial charge in [0.25, 0.3) is 11.5 Å². The molecule has 0 fully saturated rings. The number of aromatic nitrogens is 1. The van der Waals surface area contributed by atoms with Gasteiger partial charge in [0.05, 0.1) is 5.52 Å². The first kappa shape index (κ1) is 19.4. The van der Waals surface area contributed by atoms with Crippen molar-refractivity contribution in [3.05, 3.63) is 39.4 Å². The van der Waals surface area contributed by atoms with Crippen molar-refractivity contribution >= 4 is 16.8 Å². The van der Waals surface area contributed by atoms with Crippen LogP contribution >= 0.6 is 0 Å². The van der Waals surface area contributed by atoms with Crippen molar-refractivity contribution in [3.8, 4) is 5.75 Å². The van der Waals surface area contributed by atoms with Gasteiger partial charge in [-0.2, -0.15) is 0 Å². The SMILES string of the molecule is CCN(CC)CCNC(=O)c1c(O)c2cc(F)cc3c2n(c1=O)C(C)CC3. The van der Waals surface area contributed by atoms with E-state index in [1.165, 1.54) is 16.7 Å². The average molecular weight is 375 g/mol. The molecular weight excluding hydrogens is 349 g/mol. The summed E-state index contributed by atoms with van der Waals surface area (Å²) in [6, 6.07) is 2.46. The minimum Gasteiger partial charge on any atom is -0.506 e. The minimum absolute atomic E-state index is 0.124. The second-order valence-electron chi connectivity index (χ2n) is 7.03. The molecule has 0 saturated carbocycles. The van der Waals surface area contributed by atoms with Gasteiger partial charge >= 0.3 is 0 Å². The lowest BCUT2D eigenvalue weighted by molar-refractivity contribution is 0.0944. The first-order valence-corrected chi connectivity index (χ1v) is 9.49. The first-order valence-electron chi connectivity index (χ1n) is 9.49. The third kappa shape index (κ3) is 3.43. The maximum absolute atomic E-state index is 14.0. The maximum atomic E-state index is 14.0. The number of aromatic hydroxyl groups is 1. The molecule has 6 nitrogen and oxygen atoms in total. The summed E-state index contributed by atoms with van der Waals surface area (Å²) < 4.78 is 15.5. The fraction of sp³-hybridized carbons (Fsp3) is 0.500. The molecule has 3 rings (SSSR count). The standard InChI is InChI=1S/C20H26FN3O3/c1-4-23(5-2)9-8-22-19(26)16-18(25)15-11-14(21)10-13-7-6-12(3)24(17(13)15)20(16)27/h10-12,25H,4-9H2,1-3H3,(H,22,26). The molecule has 7 heteroatoms. The summed E-state index contributed by atoms with van der Waals surface area (Å²) in [5.41, 5.74) is 0.370. The molecule has 1 aliphatic rings. The van der Waals surface area contributed by atoms with E-state index in [0.29, 0.717) is 37.0 Å². The summed E-state index contributed by atoms with van der Waals surface area (Å²) in [4.78, 5) is 27.8. The van der Waals surface area contributed by atoms with Crippen LogP contribution < -0.4 is 10.9 Å². The summed E-state index contributed by atoms with van der Waals surface area (Å²) in [6.07, 6.45) is 1.31. The number of rotatable bonds is 6. The molecule has 27 heavy (non-hydrogen) atoms. The van der Waals surface area contributed by atoms with Gasteiger partial charge in [0.15, 0.2) is 0 Å². The van der Waals surface area contributed by atoms with Crippen LogP contribution in [0, 0.1) is 5.82 Å². The van der Waals surface area contributed by atoms with Crippen molar-refractivity contribution < 1.29 is 14.3 Å². The largest absolute Gasteiger partial charge is 0.506 e. The van der Waals surface area contributed by atoms with Gasteiger partial charge in [0.1, 0.15) is 17.1 Å². The minimum atomic E-state index is -0.626. The Bertz CT molecular complexity index is 934. The Labute approximate surface area is 157 Å². The fourth-order valence-electron chi connectivity index (χ4n) is 3.84. The Balaban J connectivity index is 2.04. The van der Waals surface area contributed by atoms with Gasteiger partial charge in [-0.15, -0.1) is 0 Å². The number of pyridine rings is 1. The van der Waals surface area contributed by atoms with Crippen molar-refractivity contribution in [2.24, 2.45) is 0 Å². The zero-order valence-electron chi connectivity index (χ0n) is 16.0. The molecular formula is C20H26FN3O3. The first-order chi connectivity index (χ1) is 12.9. The van der Waals surface area contributed by atoms with E-state index in [-0.39, 0.29) is 17.0 Å². The Morgan fingerprint density at radius 1 is 1.37 bits per heavy atom. The highest BCUT2D eigenvalue weighted by atomic mass is 19.1. The third-order valence-electron chi connectivity index (χ3n) is 5.43. The zero-order valence-corrected chi connectivity index (χ0v) is 16.0. The fourth-order valence-corrected chi connectivity index (χ4v) is 3.84. The van der Waals surface area contributed by atoms with Gasteiger partial charge in [0, 0.05) is 24.5 Å². The van der Waals surface area contributed by atoms with Crippen molar-refractivity contribution in [1.29, 1.82) is 0 Å². The molecule has 1 aromatic heterocycles. The van der Waals surface area contributed by atoms with E-state index < -0.39 is 23.0 Å². The van der Waals surface area contributed by atoms with Crippen molar-refractivity contribution in [1.82, 2.24) is 14.8 Å². The summed E-state index contributed by atoms with van der Waals surface area (Å²) in [5.74, 6) is -1.55. The molecule has 1 aliphatic heterocycles. The lowest BCUT2D eigenvalue weighted by atomic mass is 9.95. The van der Waals surface area contributed by atoms with Gasteiger partial charge in [-0.25, -0.2) is 4.39 Å². The van der Waals surface area contributed by atoms with E-state index in [9.17, 15) is 19.1 Å². The molecule has 1 aromatic carbocycles. The molecule has 146 valence electrons. The van der Waals surface area contributed by atoms with Gasteiger partial charge < -0.3 is 19.9 Å². The van der Waals surface area contributed by atoms with Crippen molar-refractivity contribution in [2.75, 3.05) is 26.2 Å². The van der Waals surface area contributed by atoms with Crippen LogP contribution in [0.3, 0.4) is 0 Å². The number of carbonyl (C=O) groups is 1. The second-order valence-corrected chi connectivity index (χ2v) is 7.03. The average Bonchev–Trinajstić information content (AvgIpc) is 2.64. The highest BCUT2D eigenvalue weighted by Crippen LogP contribution is 2.35. The number of hydrogen-bond donors (Lipinski definition) is 2. The molecule has 2 heterocycles. The summed E-state index contributed by atoms with van der Waals surface area (Å²) >= 11 is 0. The van der Waals surface area contributed by atoms with Crippen LogP contribution in [0.1, 0.15) is 49.2 Å². The number of nitrogens with one attached hydrogen (secondary N) is 1. The highest BCUT2D eigenvalue weighted by Gasteiger charge is 2.28. The molecule has 0 bridgehead atoms. The smallest absolute Gasteiger partial charge is 0.267 e. The summed E-state index contributed by atoms with van der Waals surface area (Å²) in [5, 5.41) is 13.6. The Morgan fingerprint density at radius 3 is 2.74 bits per heavy atom. The van der Waals surface area contributed by atoms with Crippen LogP contribution in [-0.2, 0) is 6.42 Å². The number of benzene rings is 1. The second kappa shape index (κ2) is 7.68. The number of likely N-dealkylation sites (N-methyl/N-ethyl adjacent to an activating group) is 1. The molecule has 2 N–H and O–H groups in total. The van der Waals surface area contributed by atoms with Crippen LogP contribution in [-0.4, -0.2) is 46.7 Å². The number of carbonyl (C=O) groups excluding carboxylic acids is 1. The van der Waals surface area contributed by atoms with Crippen LogP contribution in [0.5, 0.6) is 5.75 Å². The monoisotopic (exact) mass is 375 g/mol. The number of amides is 1. The summed E-state index contributed by atoms with van der Waals surface area (Å²) in [6.45, 7) is 8.69. The van der Waals surface area contributed by atoms with Crippen LogP contribution in [0.15, 0.2) is 16.9 Å². The van der Waals surface area contributed by atoms with Crippen molar-refractivity contribution in [2.45, 2.75) is 39.7 Å². The summed E-state index contributed by atoms with van der Waals surface area (Å²) in [7, 11) is 0. The lowest BCUT2D eigenvalue weighted by Crippen LogP contribution is -2.39. The maximum Gasteiger partial charge on any atom is 0.267 e. The van der Waals surface area contributed by atoms with Gasteiger partial charge in [-0.3, -0.25) is 9.59 Å². The van der Waals surface area contributed by atoms with Gasteiger partial charge in [-0.1, -0.05) is 13.8 Å². The highest BCUT2D eigenvalue weighted by molar-refractivity contribution is 6.03. The molecule has 0 saturated heterocycles. The molecule has 0 radical (unpaired) electrons. The quantitative estimate of drug-likeness (QED) is 0.813. The molecule has 1 unspecified atom stereocenters. The predicted molar refractivity (Wildman–Crippen MR) is 103 cm³/mol. The van der Waals surface area contributed by atoms with E-state index in [2.05, 4.69) is 10.2 Å². The number of aryl methyl sites for hydroxylation is 1. The molecule has 0 spiro atoms. The lowest BCUT2D eigenvalue weighted by Gasteiger charge is -2.26. The Hall–Kier alpha value is -2.41. The molecule has 2 aromatic rings. The molecule has 1 atom stereocenters. The van der Waals surface area contributed by atoms with Gasteiger partial charge in [0.2, 0.25) is 0 Å². The van der Waals surface area contributed by atoms with Crippen LogP contribution in [0.2, 0.25) is 0 Å². The van der Waals surface area contributed by atoms with Gasteiger partial charge in [-0.05, 0) is 50.6 Å². The molecule has 0 aliphatic carbocycles. The normalized spacial score (nSPS) is 16.1. The zero-order chi connectivity index (χ0) is 19.7. The number of hydrogen-bond acceptors (Lipinski definition) is 4. The Kier molecular flexibility index (Phi) is 5.51. The predicted octanol–water partition coefficient (Wildman–Crippen LogP) is 2.43. The van der Waals surface area contributed by atoms with Crippen LogP contribution in [0.25, 0.3) is 10.9 Å². The van der Waals surface area contributed by atoms with E-state index in [1.54, 1.807) is 0 Å².